The molecule has 0 radical (unpaired) electrons. The molecule has 0 spiro atoms. The first kappa shape index (κ1) is 13.5. The van der Waals surface area contributed by atoms with Crippen molar-refractivity contribution < 1.29 is 4.79 Å². The molecule has 0 unspecified atom stereocenters. The molecule has 94 valence electrons. The highest BCUT2D eigenvalue weighted by Crippen LogP contribution is 2.33. The maximum atomic E-state index is 11.4. The van der Waals surface area contributed by atoms with Crippen LogP contribution in [0.25, 0.3) is 0 Å². The highest BCUT2D eigenvalue weighted by atomic mass is 16.1. The molecule has 0 saturated heterocycles. The van der Waals surface area contributed by atoms with E-state index in [1.165, 1.54) is 25.7 Å². The average Bonchev–Trinajstić information content (AvgIpc) is 2.76. The summed E-state index contributed by atoms with van der Waals surface area (Å²) in [6, 6.07) is 0. The molecular formula is C12H25N3O. The van der Waals surface area contributed by atoms with Crippen molar-refractivity contribution in [1.82, 2.24) is 10.2 Å². The maximum absolute atomic E-state index is 11.4. The number of carbonyl (C=O) groups excluding carboxylic acids is 1. The summed E-state index contributed by atoms with van der Waals surface area (Å²) >= 11 is 0. The molecule has 0 aromatic rings. The van der Waals surface area contributed by atoms with Gasteiger partial charge in [0, 0.05) is 31.6 Å². The van der Waals surface area contributed by atoms with E-state index in [-0.39, 0.29) is 11.4 Å². The van der Waals surface area contributed by atoms with Crippen LogP contribution in [0.15, 0.2) is 0 Å². The lowest BCUT2D eigenvalue weighted by Gasteiger charge is -2.37. The van der Waals surface area contributed by atoms with Crippen LogP contribution >= 0.6 is 0 Å². The Balaban J connectivity index is 2.38. The molecule has 3 N–H and O–H groups in total. The number of likely N-dealkylation sites (N-methyl/N-ethyl adjacent to an activating group) is 1. The van der Waals surface area contributed by atoms with Crippen molar-refractivity contribution in [3.63, 3.8) is 0 Å². The van der Waals surface area contributed by atoms with Crippen molar-refractivity contribution in [2.45, 2.75) is 44.6 Å². The molecule has 16 heavy (non-hydrogen) atoms. The van der Waals surface area contributed by atoms with Crippen LogP contribution in [0.4, 0.5) is 0 Å². The monoisotopic (exact) mass is 227 g/mol. The third-order valence-corrected chi connectivity index (χ3v) is 3.77. The number of rotatable bonds is 6. The Hall–Kier alpha value is -0.610. The van der Waals surface area contributed by atoms with E-state index in [2.05, 4.69) is 17.3 Å². The van der Waals surface area contributed by atoms with Gasteiger partial charge in [0.1, 0.15) is 0 Å². The molecule has 1 fully saturated rings. The van der Waals surface area contributed by atoms with Gasteiger partial charge in [0.05, 0.1) is 0 Å². The fraction of sp³-hybridized carbons (Fsp3) is 0.917. The van der Waals surface area contributed by atoms with Crippen LogP contribution < -0.4 is 11.1 Å². The quantitative estimate of drug-likeness (QED) is 0.703. The largest absolute Gasteiger partial charge is 0.356 e. The third-order valence-electron chi connectivity index (χ3n) is 3.77. The van der Waals surface area contributed by atoms with Crippen LogP contribution in [0.1, 0.15) is 39.0 Å². The molecule has 0 atom stereocenters. The fourth-order valence-electron chi connectivity index (χ4n) is 2.57. The number of amides is 1. The Labute approximate surface area is 98.6 Å². The summed E-state index contributed by atoms with van der Waals surface area (Å²) < 4.78 is 0. The molecule has 4 nitrogen and oxygen atoms in total. The lowest BCUT2D eigenvalue weighted by atomic mass is 9.95. The number of hydrogen-bond acceptors (Lipinski definition) is 3. The zero-order valence-corrected chi connectivity index (χ0v) is 10.6. The van der Waals surface area contributed by atoms with Gasteiger partial charge >= 0.3 is 0 Å². The van der Waals surface area contributed by atoms with Gasteiger partial charge in [-0.1, -0.05) is 12.8 Å². The molecule has 0 bridgehead atoms. The zero-order chi connectivity index (χ0) is 12.0. The van der Waals surface area contributed by atoms with Crippen LogP contribution in [-0.4, -0.2) is 43.0 Å². The van der Waals surface area contributed by atoms with Crippen LogP contribution in [0, 0.1) is 0 Å². The molecule has 4 heteroatoms. The molecule has 1 aliphatic rings. The molecule has 0 aromatic carbocycles. The maximum Gasteiger partial charge on any atom is 0.221 e. The van der Waals surface area contributed by atoms with Crippen molar-refractivity contribution in [2.24, 2.45) is 5.73 Å². The van der Waals surface area contributed by atoms with Crippen LogP contribution in [0.5, 0.6) is 0 Å². The minimum Gasteiger partial charge on any atom is -0.356 e. The third kappa shape index (κ3) is 3.19. The molecular weight excluding hydrogens is 202 g/mol. The Morgan fingerprint density at radius 3 is 2.56 bits per heavy atom. The first-order valence-corrected chi connectivity index (χ1v) is 6.32. The average molecular weight is 227 g/mol. The van der Waals surface area contributed by atoms with Crippen LogP contribution in [0.3, 0.4) is 0 Å². The minimum atomic E-state index is 0.138. The normalized spacial score (nSPS) is 19.0. The van der Waals surface area contributed by atoms with E-state index in [1.807, 2.05) is 6.92 Å². The van der Waals surface area contributed by atoms with Crippen molar-refractivity contribution in [3.8, 4) is 0 Å². The molecule has 0 heterocycles. The van der Waals surface area contributed by atoms with E-state index in [1.54, 1.807) is 0 Å². The van der Waals surface area contributed by atoms with Gasteiger partial charge < -0.3 is 11.1 Å². The Kier molecular flexibility index (Phi) is 5.22. The van der Waals surface area contributed by atoms with Gasteiger partial charge in [-0.25, -0.2) is 0 Å². The second-order valence-corrected chi connectivity index (χ2v) is 4.76. The van der Waals surface area contributed by atoms with E-state index in [0.717, 1.165) is 6.54 Å². The van der Waals surface area contributed by atoms with Gasteiger partial charge in [-0.05, 0) is 26.8 Å². The zero-order valence-electron chi connectivity index (χ0n) is 10.6. The van der Waals surface area contributed by atoms with E-state index < -0.39 is 0 Å². The molecule has 1 rings (SSSR count). The Morgan fingerprint density at radius 2 is 2.06 bits per heavy atom. The minimum absolute atomic E-state index is 0.138. The predicted molar refractivity (Wildman–Crippen MR) is 66.2 cm³/mol. The van der Waals surface area contributed by atoms with Crippen molar-refractivity contribution in [3.05, 3.63) is 0 Å². The van der Waals surface area contributed by atoms with Crippen molar-refractivity contribution in [1.29, 1.82) is 0 Å². The number of nitrogens with zero attached hydrogens (tertiary/aromatic N) is 1. The van der Waals surface area contributed by atoms with Crippen LogP contribution in [0.2, 0.25) is 0 Å². The van der Waals surface area contributed by atoms with Gasteiger partial charge in [0.15, 0.2) is 0 Å². The summed E-state index contributed by atoms with van der Waals surface area (Å²) in [4.78, 5) is 13.7. The molecule has 0 aliphatic heterocycles. The van der Waals surface area contributed by atoms with E-state index in [0.29, 0.717) is 19.5 Å². The van der Waals surface area contributed by atoms with E-state index in [4.69, 9.17) is 5.73 Å². The Bertz CT molecular complexity index is 224. The predicted octanol–water partition coefficient (Wildman–Crippen LogP) is 0.716. The highest BCUT2D eigenvalue weighted by molar-refractivity contribution is 5.75. The lowest BCUT2D eigenvalue weighted by Crippen LogP contribution is -2.50. The Morgan fingerprint density at radius 1 is 1.44 bits per heavy atom. The van der Waals surface area contributed by atoms with Gasteiger partial charge in [0.25, 0.3) is 0 Å². The summed E-state index contributed by atoms with van der Waals surface area (Å²) in [6.45, 7) is 4.17. The first-order valence-electron chi connectivity index (χ1n) is 6.32. The second-order valence-electron chi connectivity index (χ2n) is 4.76. The van der Waals surface area contributed by atoms with Gasteiger partial charge in [0.2, 0.25) is 5.91 Å². The first-order chi connectivity index (χ1) is 7.64. The standard InChI is InChI=1S/C12H25N3O/c1-3-14-11(16)6-9-15(2)12(10-13)7-4-5-8-12/h3-10,13H2,1-2H3,(H,14,16). The van der Waals surface area contributed by atoms with Gasteiger partial charge in [-0.2, -0.15) is 0 Å². The van der Waals surface area contributed by atoms with Crippen molar-refractivity contribution >= 4 is 5.91 Å². The second kappa shape index (κ2) is 6.21. The van der Waals surface area contributed by atoms with E-state index in [9.17, 15) is 4.79 Å². The topological polar surface area (TPSA) is 58.4 Å². The number of hydrogen-bond donors (Lipinski definition) is 2. The molecule has 0 aromatic heterocycles. The highest BCUT2D eigenvalue weighted by Gasteiger charge is 2.36. The lowest BCUT2D eigenvalue weighted by molar-refractivity contribution is -0.121. The summed E-state index contributed by atoms with van der Waals surface area (Å²) in [5, 5.41) is 2.83. The van der Waals surface area contributed by atoms with Gasteiger partial charge in [-0.3, -0.25) is 9.69 Å². The fourth-order valence-corrected chi connectivity index (χ4v) is 2.57. The summed E-state index contributed by atoms with van der Waals surface area (Å²) in [7, 11) is 2.09. The molecule has 1 saturated carbocycles. The van der Waals surface area contributed by atoms with Crippen molar-refractivity contribution in [2.75, 3.05) is 26.7 Å². The summed E-state index contributed by atoms with van der Waals surface area (Å²) in [6.07, 6.45) is 5.46. The SMILES string of the molecule is CCNC(=O)CCN(C)C1(CN)CCCC1. The van der Waals surface area contributed by atoms with E-state index >= 15 is 0 Å². The number of carbonyl (C=O) groups is 1. The molecule has 1 amide bonds. The smallest absolute Gasteiger partial charge is 0.221 e. The van der Waals surface area contributed by atoms with Gasteiger partial charge in [-0.15, -0.1) is 0 Å². The molecule has 1 aliphatic carbocycles. The number of nitrogens with one attached hydrogen (secondary N) is 1. The summed E-state index contributed by atoms with van der Waals surface area (Å²) in [5.41, 5.74) is 6.05. The van der Waals surface area contributed by atoms with Crippen LogP contribution in [-0.2, 0) is 4.79 Å². The number of nitrogens with two attached hydrogens (primary N) is 1. The summed E-state index contributed by atoms with van der Waals surface area (Å²) in [5.74, 6) is 0.138.